The lowest BCUT2D eigenvalue weighted by molar-refractivity contribution is 0.592. The molecule has 1 unspecified atom stereocenters. The summed E-state index contributed by atoms with van der Waals surface area (Å²) in [6.45, 7) is 2.70. The average molecular weight is 326 g/mol. The molecule has 2 rings (SSSR count). The van der Waals surface area contributed by atoms with E-state index in [0.29, 0.717) is 4.47 Å². The molecule has 0 heterocycles. The zero-order valence-electron chi connectivity index (χ0n) is 10.5. The SMILES string of the molecule is CCNC(c1ccc(F)cc1)c1cccc(F)c1Br. The van der Waals surface area contributed by atoms with Crippen LogP contribution in [0.15, 0.2) is 46.9 Å². The summed E-state index contributed by atoms with van der Waals surface area (Å²) in [5.41, 5.74) is 1.70. The maximum absolute atomic E-state index is 13.6. The minimum Gasteiger partial charge on any atom is -0.306 e. The van der Waals surface area contributed by atoms with E-state index in [4.69, 9.17) is 0 Å². The van der Waals surface area contributed by atoms with Gasteiger partial charge in [-0.15, -0.1) is 0 Å². The third-order valence-electron chi connectivity index (χ3n) is 2.90. The van der Waals surface area contributed by atoms with Crippen LogP contribution in [0, 0.1) is 11.6 Å². The number of rotatable bonds is 4. The van der Waals surface area contributed by atoms with Crippen LogP contribution in [0.3, 0.4) is 0 Å². The van der Waals surface area contributed by atoms with Crippen LogP contribution in [-0.4, -0.2) is 6.54 Å². The number of benzene rings is 2. The van der Waals surface area contributed by atoms with E-state index < -0.39 is 0 Å². The van der Waals surface area contributed by atoms with Crippen LogP contribution in [0.2, 0.25) is 0 Å². The summed E-state index contributed by atoms with van der Waals surface area (Å²) in [4.78, 5) is 0. The Balaban J connectivity index is 2.45. The number of nitrogens with one attached hydrogen (secondary N) is 1. The molecule has 0 spiro atoms. The van der Waals surface area contributed by atoms with Gasteiger partial charge in [-0.25, -0.2) is 8.78 Å². The third-order valence-corrected chi connectivity index (χ3v) is 3.74. The van der Waals surface area contributed by atoms with E-state index in [-0.39, 0.29) is 17.7 Å². The van der Waals surface area contributed by atoms with Crippen LogP contribution in [0.5, 0.6) is 0 Å². The molecule has 0 aliphatic rings. The van der Waals surface area contributed by atoms with Crippen LogP contribution in [0.4, 0.5) is 8.78 Å². The Morgan fingerprint density at radius 2 is 1.79 bits per heavy atom. The number of halogens is 3. The van der Waals surface area contributed by atoms with Crippen molar-refractivity contribution in [1.82, 2.24) is 5.32 Å². The van der Waals surface area contributed by atoms with E-state index in [0.717, 1.165) is 17.7 Å². The Bertz CT molecular complexity index is 555. The number of hydrogen-bond acceptors (Lipinski definition) is 1. The van der Waals surface area contributed by atoms with Gasteiger partial charge in [0.1, 0.15) is 11.6 Å². The molecule has 0 aliphatic heterocycles. The van der Waals surface area contributed by atoms with E-state index in [2.05, 4.69) is 21.2 Å². The molecule has 1 nitrogen and oxygen atoms in total. The van der Waals surface area contributed by atoms with Gasteiger partial charge >= 0.3 is 0 Å². The van der Waals surface area contributed by atoms with Crippen molar-refractivity contribution in [3.8, 4) is 0 Å². The van der Waals surface area contributed by atoms with Crippen LogP contribution < -0.4 is 5.32 Å². The molecule has 2 aromatic carbocycles. The predicted octanol–water partition coefficient (Wildman–Crippen LogP) is 4.43. The molecular formula is C15H14BrF2N. The second-order valence-electron chi connectivity index (χ2n) is 4.19. The molecule has 0 amide bonds. The molecule has 1 N–H and O–H groups in total. The lowest BCUT2D eigenvalue weighted by Crippen LogP contribution is -2.22. The van der Waals surface area contributed by atoms with Crippen LogP contribution in [0.25, 0.3) is 0 Å². The first-order chi connectivity index (χ1) is 9.13. The molecule has 0 saturated carbocycles. The quantitative estimate of drug-likeness (QED) is 0.877. The van der Waals surface area contributed by atoms with Gasteiger partial charge in [0.15, 0.2) is 0 Å². The first-order valence-corrected chi connectivity index (χ1v) is 6.85. The zero-order chi connectivity index (χ0) is 13.8. The molecule has 0 fully saturated rings. The topological polar surface area (TPSA) is 12.0 Å². The third kappa shape index (κ3) is 3.19. The van der Waals surface area contributed by atoms with Crippen molar-refractivity contribution in [2.24, 2.45) is 0 Å². The normalized spacial score (nSPS) is 12.4. The monoisotopic (exact) mass is 325 g/mol. The molecule has 0 saturated heterocycles. The molecule has 2 aromatic rings. The Kier molecular flexibility index (Phi) is 4.66. The predicted molar refractivity (Wildman–Crippen MR) is 76.0 cm³/mol. The summed E-state index contributed by atoms with van der Waals surface area (Å²) in [6, 6.07) is 11.0. The molecule has 0 aromatic heterocycles. The smallest absolute Gasteiger partial charge is 0.137 e. The highest BCUT2D eigenvalue weighted by Gasteiger charge is 2.17. The standard InChI is InChI=1S/C15H14BrF2N/c1-2-19-15(10-6-8-11(17)9-7-10)12-4-3-5-13(18)14(12)16/h3-9,15,19H,2H2,1H3. The highest BCUT2D eigenvalue weighted by molar-refractivity contribution is 9.10. The van der Waals surface area contributed by atoms with Gasteiger partial charge in [-0.2, -0.15) is 0 Å². The van der Waals surface area contributed by atoms with Crippen molar-refractivity contribution in [2.45, 2.75) is 13.0 Å². The molecule has 4 heteroatoms. The van der Waals surface area contributed by atoms with Gasteiger partial charge in [0, 0.05) is 0 Å². The summed E-state index contributed by atoms with van der Waals surface area (Å²) < 4.78 is 27.1. The Hall–Kier alpha value is -1.26. The summed E-state index contributed by atoms with van der Waals surface area (Å²) in [5, 5.41) is 3.28. The van der Waals surface area contributed by atoms with Crippen molar-refractivity contribution >= 4 is 15.9 Å². The molecule has 0 bridgehead atoms. The first kappa shape index (κ1) is 14.2. The van der Waals surface area contributed by atoms with Gasteiger partial charge in [-0.3, -0.25) is 0 Å². The van der Waals surface area contributed by atoms with Gasteiger partial charge in [0.25, 0.3) is 0 Å². The lowest BCUT2D eigenvalue weighted by Gasteiger charge is -2.20. The second-order valence-corrected chi connectivity index (χ2v) is 4.98. The van der Waals surface area contributed by atoms with E-state index in [1.54, 1.807) is 18.2 Å². The highest BCUT2D eigenvalue weighted by atomic mass is 79.9. The van der Waals surface area contributed by atoms with Gasteiger partial charge in [0.05, 0.1) is 10.5 Å². The molecular weight excluding hydrogens is 312 g/mol. The van der Waals surface area contributed by atoms with E-state index in [9.17, 15) is 8.78 Å². The Morgan fingerprint density at radius 3 is 2.42 bits per heavy atom. The van der Waals surface area contributed by atoms with Gasteiger partial charge in [0.2, 0.25) is 0 Å². The molecule has 100 valence electrons. The summed E-state index contributed by atoms with van der Waals surface area (Å²) in [6.07, 6.45) is 0. The largest absolute Gasteiger partial charge is 0.306 e. The maximum atomic E-state index is 13.6. The average Bonchev–Trinajstić information content (AvgIpc) is 2.41. The second kappa shape index (κ2) is 6.26. The summed E-state index contributed by atoms with van der Waals surface area (Å²) >= 11 is 3.27. The van der Waals surface area contributed by atoms with E-state index in [1.807, 2.05) is 13.0 Å². The maximum Gasteiger partial charge on any atom is 0.137 e. The van der Waals surface area contributed by atoms with Crippen molar-refractivity contribution in [3.05, 3.63) is 69.7 Å². The molecule has 19 heavy (non-hydrogen) atoms. The van der Waals surface area contributed by atoms with Crippen molar-refractivity contribution in [2.75, 3.05) is 6.54 Å². The van der Waals surface area contributed by atoms with Crippen molar-refractivity contribution < 1.29 is 8.78 Å². The van der Waals surface area contributed by atoms with E-state index >= 15 is 0 Å². The minimum absolute atomic E-state index is 0.171. The minimum atomic E-state index is -0.303. The first-order valence-electron chi connectivity index (χ1n) is 6.06. The van der Waals surface area contributed by atoms with Crippen molar-refractivity contribution in [1.29, 1.82) is 0 Å². The van der Waals surface area contributed by atoms with Gasteiger partial charge in [-0.1, -0.05) is 31.2 Å². The van der Waals surface area contributed by atoms with Crippen LogP contribution >= 0.6 is 15.9 Å². The van der Waals surface area contributed by atoms with Gasteiger partial charge < -0.3 is 5.32 Å². The van der Waals surface area contributed by atoms with Crippen LogP contribution in [0.1, 0.15) is 24.1 Å². The van der Waals surface area contributed by atoms with Crippen molar-refractivity contribution in [3.63, 3.8) is 0 Å². The molecule has 0 radical (unpaired) electrons. The fourth-order valence-corrected chi connectivity index (χ4v) is 2.50. The fourth-order valence-electron chi connectivity index (χ4n) is 2.01. The Morgan fingerprint density at radius 1 is 1.11 bits per heavy atom. The van der Waals surface area contributed by atoms with Gasteiger partial charge in [-0.05, 0) is 51.8 Å². The van der Waals surface area contributed by atoms with E-state index in [1.165, 1.54) is 18.2 Å². The Labute approximate surface area is 119 Å². The highest BCUT2D eigenvalue weighted by Crippen LogP contribution is 2.30. The summed E-state index contributed by atoms with van der Waals surface area (Å²) in [5.74, 6) is -0.583. The zero-order valence-corrected chi connectivity index (χ0v) is 12.0. The number of hydrogen-bond donors (Lipinski definition) is 1. The fraction of sp³-hybridized carbons (Fsp3) is 0.200. The molecule has 1 atom stereocenters. The summed E-state index contributed by atoms with van der Waals surface area (Å²) in [7, 11) is 0. The molecule has 0 aliphatic carbocycles. The lowest BCUT2D eigenvalue weighted by atomic mass is 9.98. The van der Waals surface area contributed by atoms with Crippen LogP contribution in [-0.2, 0) is 0 Å².